The van der Waals surface area contributed by atoms with Crippen molar-refractivity contribution in [1.82, 2.24) is 9.97 Å². The van der Waals surface area contributed by atoms with Crippen LogP contribution < -0.4 is 9.47 Å². The Morgan fingerprint density at radius 1 is 1.35 bits per heavy atom. The van der Waals surface area contributed by atoms with Crippen molar-refractivity contribution in [3.05, 3.63) is 11.9 Å². The molecule has 1 aliphatic rings. The predicted octanol–water partition coefficient (Wildman–Crippen LogP) is 2.89. The number of ketones is 1. The molecule has 1 aliphatic carbocycles. The fourth-order valence-corrected chi connectivity index (χ4v) is 2.86. The van der Waals surface area contributed by atoms with E-state index >= 15 is 0 Å². The van der Waals surface area contributed by atoms with Crippen LogP contribution in [0.4, 0.5) is 0 Å². The molecule has 1 aromatic heterocycles. The Labute approximate surface area is 119 Å². The highest BCUT2D eigenvalue weighted by atomic mass is 16.5. The van der Waals surface area contributed by atoms with Crippen LogP contribution in [-0.4, -0.2) is 30.0 Å². The number of Topliss-reactive ketones (excluding diaryl/α,β-unsaturated/α-hetero) is 1. The van der Waals surface area contributed by atoms with Crippen LogP contribution in [-0.2, 0) is 0 Å². The van der Waals surface area contributed by atoms with Gasteiger partial charge in [-0.2, -0.15) is 4.98 Å². The van der Waals surface area contributed by atoms with Crippen molar-refractivity contribution in [3.63, 3.8) is 0 Å². The van der Waals surface area contributed by atoms with Crippen LogP contribution in [0, 0.1) is 11.8 Å². The minimum absolute atomic E-state index is 0.0466. The van der Waals surface area contributed by atoms with Gasteiger partial charge in [-0.1, -0.05) is 26.2 Å². The second-order valence-electron chi connectivity index (χ2n) is 5.27. The van der Waals surface area contributed by atoms with E-state index in [2.05, 4.69) is 16.9 Å². The van der Waals surface area contributed by atoms with Crippen LogP contribution in [0.15, 0.2) is 6.20 Å². The molecule has 0 N–H and O–H groups in total. The molecule has 1 heterocycles. The van der Waals surface area contributed by atoms with Gasteiger partial charge in [-0.05, 0) is 18.8 Å². The van der Waals surface area contributed by atoms with Crippen LogP contribution in [0.5, 0.6) is 11.8 Å². The highest BCUT2D eigenvalue weighted by molar-refractivity contribution is 5.98. The Hall–Kier alpha value is -1.65. The molecule has 1 aromatic rings. The SMILES string of the molecule is CCC1CCCC(C(=O)c2ncc(OC)nc2OC)C1. The van der Waals surface area contributed by atoms with E-state index in [4.69, 9.17) is 9.47 Å². The third-order valence-corrected chi connectivity index (χ3v) is 4.09. The summed E-state index contributed by atoms with van der Waals surface area (Å²) < 4.78 is 10.2. The van der Waals surface area contributed by atoms with Crippen LogP contribution in [0.25, 0.3) is 0 Å². The monoisotopic (exact) mass is 278 g/mol. The molecule has 110 valence electrons. The summed E-state index contributed by atoms with van der Waals surface area (Å²) in [5.74, 6) is 1.36. The lowest BCUT2D eigenvalue weighted by atomic mass is 9.78. The second kappa shape index (κ2) is 6.68. The highest BCUT2D eigenvalue weighted by Gasteiger charge is 2.30. The van der Waals surface area contributed by atoms with Crippen molar-refractivity contribution in [1.29, 1.82) is 0 Å². The zero-order valence-electron chi connectivity index (χ0n) is 12.4. The molecule has 0 aliphatic heterocycles. The average Bonchev–Trinajstić information content (AvgIpc) is 2.53. The highest BCUT2D eigenvalue weighted by Crippen LogP contribution is 2.34. The van der Waals surface area contributed by atoms with E-state index in [0.717, 1.165) is 25.7 Å². The number of hydrogen-bond acceptors (Lipinski definition) is 5. The number of nitrogens with zero attached hydrogens (tertiary/aromatic N) is 2. The van der Waals surface area contributed by atoms with Crippen molar-refractivity contribution in [2.45, 2.75) is 39.0 Å². The van der Waals surface area contributed by atoms with Crippen LogP contribution >= 0.6 is 0 Å². The molecular formula is C15H22N2O3. The van der Waals surface area contributed by atoms with Gasteiger partial charge < -0.3 is 9.47 Å². The van der Waals surface area contributed by atoms with E-state index < -0.39 is 0 Å². The molecule has 5 heteroatoms. The quantitative estimate of drug-likeness (QED) is 0.775. The number of carbonyl (C=O) groups excluding carboxylic acids is 1. The number of aromatic nitrogens is 2. The Morgan fingerprint density at radius 2 is 2.15 bits per heavy atom. The van der Waals surface area contributed by atoms with Gasteiger partial charge in [0.05, 0.1) is 20.4 Å². The average molecular weight is 278 g/mol. The van der Waals surface area contributed by atoms with Crippen molar-refractivity contribution in [2.75, 3.05) is 14.2 Å². The third-order valence-electron chi connectivity index (χ3n) is 4.09. The lowest BCUT2D eigenvalue weighted by Crippen LogP contribution is -2.24. The smallest absolute Gasteiger partial charge is 0.246 e. The van der Waals surface area contributed by atoms with E-state index in [1.807, 2.05) is 0 Å². The van der Waals surface area contributed by atoms with Gasteiger partial charge in [-0.15, -0.1) is 0 Å². The van der Waals surface area contributed by atoms with E-state index in [-0.39, 0.29) is 17.6 Å². The Kier molecular flexibility index (Phi) is 4.93. The van der Waals surface area contributed by atoms with Gasteiger partial charge in [0.1, 0.15) is 0 Å². The molecule has 0 amide bonds. The minimum atomic E-state index is 0.0466. The fourth-order valence-electron chi connectivity index (χ4n) is 2.86. The summed E-state index contributed by atoms with van der Waals surface area (Å²) >= 11 is 0. The van der Waals surface area contributed by atoms with Gasteiger partial charge in [0.2, 0.25) is 11.8 Å². The van der Waals surface area contributed by atoms with Crippen LogP contribution in [0.1, 0.15) is 49.5 Å². The third kappa shape index (κ3) is 3.08. The molecule has 0 radical (unpaired) electrons. The van der Waals surface area contributed by atoms with Crippen molar-refractivity contribution in [2.24, 2.45) is 11.8 Å². The zero-order chi connectivity index (χ0) is 14.5. The zero-order valence-corrected chi connectivity index (χ0v) is 12.4. The lowest BCUT2D eigenvalue weighted by molar-refractivity contribution is 0.0852. The first-order chi connectivity index (χ1) is 9.69. The molecule has 0 spiro atoms. The standard InChI is InChI=1S/C15H22N2O3/c1-4-10-6-5-7-11(8-10)14(18)13-15(20-3)17-12(19-2)9-16-13/h9-11H,4-8H2,1-3H3. The van der Waals surface area contributed by atoms with E-state index in [9.17, 15) is 4.79 Å². The molecule has 2 unspecified atom stereocenters. The first-order valence-corrected chi connectivity index (χ1v) is 7.18. The summed E-state index contributed by atoms with van der Waals surface area (Å²) in [6.45, 7) is 2.19. The van der Waals surface area contributed by atoms with E-state index in [1.54, 1.807) is 0 Å². The summed E-state index contributed by atoms with van der Waals surface area (Å²) in [7, 11) is 3.01. The minimum Gasteiger partial charge on any atom is -0.480 e. The maximum Gasteiger partial charge on any atom is 0.246 e. The molecule has 0 bridgehead atoms. The Balaban J connectivity index is 2.19. The second-order valence-corrected chi connectivity index (χ2v) is 5.27. The molecule has 2 rings (SSSR count). The van der Waals surface area contributed by atoms with E-state index in [0.29, 0.717) is 17.5 Å². The molecule has 5 nitrogen and oxygen atoms in total. The van der Waals surface area contributed by atoms with Gasteiger partial charge in [0.25, 0.3) is 0 Å². The van der Waals surface area contributed by atoms with Crippen molar-refractivity contribution < 1.29 is 14.3 Å². The maximum atomic E-state index is 12.6. The van der Waals surface area contributed by atoms with Crippen molar-refractivity contribution in [3.8, 4) is 11.8 Å². The number of ether oxygens (including phenoxy) is 2. The molecule has 1 fully saturated rings. The normalized spacial score (nSPS) is 22.4. The molecule has 20 heavy (non-hydrogen) atoms. The number of hydrogen-bond donors (Lipinski definition) is 0. The van der Waals surface area contributed by atoms with Gasteiger partial charge in [-0.3, -0.25) is 4.79 Å². The predicted molar refractivity (Wildman–Crippen MR) is 75.2 cm³/mol. The first kappa shape index (κ1) is 14.8. The molecule has 1 saturated carbocycles. The Bertz CT molecular complexity index is 476. The van der Waals surface area contributed by atoms with Crippen LogP contribution in [0.3, 0.4) is 0 Å². The largest absolute Gasteiger partial charge is 0.480 e. The molecule has 0 saturated heterocycles. The van der Waals surface area contributed by atoms with Gasteiger partial charge in [-0.25, -0.2) is 4.98 Å². The number of methoxy groups -OCH3 is 2. The molecular weight excluding hydrogens is 256 g/mol. The topological polar surface area (TPSA) is 61.3 Å². The van der Waals surface area contributed by atoms with Crippen LogP contribution in [0.2, 0.25) is 0 Å². The summed E-state index contributed by atoms with van der Waals surface area (Å²) in [6.07, 6.45) is 6.83. The summed E-state index contributed by atoms with van der Waals surface area (Å²) in [5, 5.41) is 0. The van der Waals surface area contributed by atoms with Crippen molar-refractivity contribution >= 4 is 5.78 Å². The number of rotatable bonds is 5. The Morgan fingerprint density at radius 3 is 2.80 bits per heavy atom. The van der Waals surface area contributed by atoms with Gasteiger partial charge in [0.15, 0.2) is 11.5 Å². The fraction of sp³-hybridized carbons (Fsp3) is 0.667. The summed E-state index contributed by atoms with van der Waals surface area (Å²) in [6, 6.07) is 0. The lowest BCUT2D eigenvalue weighted by Gasteiger charge is -2.27. The molecule has 0 aromatic carbocycles. The molecule has 2 atom stereocenters. The first-order valence-electron chi connectivity index (χ1n) is 7.18. The summed E-state index contributed by atoms with van der Waals surface area (Å²) in [4.78, 5) is 20.9. The summed E-state index contributed by atoms with van der Waals surface area (Å²) in [5.41, 5.74) is 0.329. The maximum absolute atomic E-state index is 12.6. The number of carbonyl (C=O) groups is 1. The van der Waals surface area contributed by atoms with Gasteiger partial charge >= 0.3 is 0 Å². The van der Waals surface area contributed by atoms with Gasteiger partial charge in [0, 0.05) is 5.92 Å². The van der Waals surface area contributed by atoms with E-state index in [1.165, 1.54) is 26.8 Å².